The SMILES string of the molecule is Cc1sc(NC(=O)CC(c2ccccc2)c2ccccc2)nc1-c1ccc2c(c1)N(C)C(=O)CO2. The molecule has 1 aromatic heterocycles. The van der Waals surface area contributed by atoms with Gasteiger partial charge in [-0.2, -0.15) is 0 Å². The number of hydrogen-bond donors (Lipinski definition) is 1. The maximum Gasteiger partial charge on any atom is 0.264 e. The molecule has 1 N–H and O–H groups in total. The molecule has 0 aliphatic carbocycles. The number of hydrogen-bond acceptors (Lipinski definition) is 5. The largest absolute Gasteiger partial charge is 0.482 e. The van der Waals surface area contributed by atoms with Gasteiger partial charge in [-0.3, -0.25) is 9.59 Å². The zero-order chi connectivity index (χ0) is 24.4. The molecule has 0 saturated heterocycles. The molecule has 1 aliphatic heterocycles. The Morgan fingerprint density at radius 2 is 1.71 bits per heavy atom. The van der Waals surface area contributed by atoms with Crippen LogP contribution >= 0.6 is 11.3 Å². The number of aromatic nitrogens is 1. The molecule has 0 spiro atoms. The number of fused-ring (bicyclic) bond motifs is 1. The summed E-state index contributed by atoms with van der Waals surface area (Å²) >= 11 is 1.44. The van der Waals surface area contributed by atoms with Gasteiger partial charge in [0, 0.05) is 29.8 Å². The lowest BCUT2D eigenvalue weighted by molar-refractivity contribution is -0.121. The van der Waals surface area contributed by atoms with E-state index in [4.69, 9.17) is 9.72 Å². The fourth-order valence-corrected chi connectivity index (χ4v) is 5.14. The Morgan fingerprint density at radius 3 is 2.37 bits per heavy atom. The molecule has 7 heteroatoms. The van der Waals surface area contributed by atoms with Gasteiger partial charge in [0.2, 0.25) is 5.91 Å². The molecule has 0 atom stereocenters. The fraction of sp³-hybridized carbons (Fsp3) is 0.179. The van der Waals surface area contributed by atoms with E-state index in [1.807, 2.05) is 61.5 Å². The second-order valence-electron chi connectivity index (χ2n) is 8.47. The third-order valence-electron chi connectivity index (χ3n) is 6.16. The Labute approximate surface area is 208 Å². The lowest BCUT2D eigenvalue weighted by Crippen LogP contribution is -2.35. The Morgan fingerprint density at radius 1 is 1.06 bits per heavy atom. The minimum atomic E-state index is -0.0935. The molecule has 0 fully saturated rings. The van der Waals surface area contributed by atoms with Crippen LogP contribution in [-0.4, -0.2) is 30.5 Å². The van der Waals surface area contributed by atoms with Crippen molar-refractivity contribution in [2.75, 3.05) is 23.9 Å². The van der Waals surface area contributed by atoms with Crippen molar-refractivity contribution < 1.29 is 14.3 Å². The molecule has 2 heterocycles. The Hall–Kier alpha value is -3.97. The molecule has 5 rings (SSSR count). The highest BCUT2D eigenvalue weighted by Crippen LogP contribution is 2.38. The third kappa shape index (κ3) is 4.81. The predicted molar refractivity (Wildman–Crippen MR) is 139 cm³/mol. The smallest absolute Gasteiger partial charge is 0.264 e. The van der Waals surface area contributed by atoms with E-state index in [0.29, 0.717) is 23.0 Å². The average molecular weight is 484 g/mol. The van der Waals surface area contributed by atoms with E-state index in [2.05, 4.69) is 29.6 Å². The van der Waals surface area contributed by atoms with Gasteiger partial charge in [-0.25, -0.2) is 4.98 Å². The van der Waals surface area contributed by atoms with Gasteiger partial charge in [0.15, 0.2) is 11.7 Å². The summed E-state index contributed by atoms with van der Waals surface area (Å²) in [6.45, 7) is 2.02. The fourth-order valence-electron chi connectivity index (χ4n) is 4.29. The summed E-state index contributed by atoms with van der Waals surface area (Å²) in [5.74, 6) is 0.438. The molecule has 6 nitrogen and oxygen atoms in total. The molecular formula is C28H25N3O3S. The first kappa shape index (κ1) is 22.8. The van der Waals surface area contributed by atoms with Gasteiger partial charge in [-0.05, 0) is 36.2 Å². The molecule has 0 radical (unpaired) electrons. The summed E-state index contributed by atoms with van der Waals surface area (Å²) in [6, 6.07) is 25.8. The summed E-state index contributed by atoms with van der Waals surface area (Å²) in [6.07, 6.45) is 0.311. The number of benzene rings is 3. The van der Waals surface area contributed by atoms with Crippen LogP contribution in [0.1, 0.15) is 28.3 Å². The van der Waals surface area contributed by atoms with E-state index >= 15 is 0 Å². The van der Waals surface area contributed by atoms with E-state index in [9.17, 15) is 9.59 Å². The molecule has 176 valence electrons. The predicted octanol–water partition coefficient (Wildman–Crippen LogP) is 5.63. The number of amides is 2. The highest BCUT2D eigenvalue weighted by Gasteiger charge is 2.24. The van der Waals surface area contributed by atoms with Crippen molar-refractivity contribution in [1.29, 1.82) is 0 Å². The van der Waals surface area contributed by atoms with E-state index in [1.165, 1.54) is 11.3 Å². The van der Waals surface area contributed by atoms with Gasteiger partial charge < -0.3 is 15.0 Å². The van der Waals surface area contributed by atoms with Crippen LogP contribution in [-0.2, 0) is 9.59 Å². The summed E-state index contributed by atoms with van der Waals surface area (Å²) in [7, 11) is 1.74. The number of nitrogens with one attached hydrogen (secondary N) is 1. The van der Waals surface area contributed by atoms with Crippen LogP contribution < -0.4 is 15.0 Å². The number of likely N-dealkylation sites (N-methyl/N-ethyl adjacent to an activating group) is 1. The number of rotatable bonds is 6. The molecule has 1 aliphatic rings. The normalized spacial score (nSPS) is 12.9. The van der Waals surface area contributed by atoms with Crippen LogP contribution in [0.25, 0.3) is 11.3 Å². The molecule has 2 amide bonds. The molecule has 35 heavy (non-hydrogen) atoms. The van der Waals surface area contributed by atoms with E-state index in [1.54, 1.807) is 11.9 Å². The minimum Gasteiger partial charge on any atom is -0.482 e. The van der Waals surface area contributed by atoms with Gasteiger partial charge in [-0.15, -0.1) is 11.3 Å². The van der Waals surface area contributed by atoms with Crippen molar-refractivity contribution in [1.82, 2.24) is 4.98 Å². The number of ether oxygens (including phenoxy) is 1. The van der Waals surface area contributed by atoms with E-state index < -0.39 is 0 Å². The highest BCUT2D eigenvalue weighted by atomic mass is 32.1. The summed E-state index contributed by atoms with van der Waals surface area (Å²) in [4.78, 5) is 32.4. The lowest BCUT2D eigenvalue weighted by Gasteiger charge is -2.26. The van der Waals surface area contributed by atoms with Crippen LogP contribution in [0, 0.1) is 6.92 Å². The van der Waals surface area contributed by atoms with Crippen molar-refractivity contribution in [2.45, 2.75) is 19.3 Å². The zero-order valence-corrected chi connectivity index (χ0v) is 20.3. The molecular weight excluding hydrogens is 458 g/mol. The number of carbonyl (C=O) groups excluding carboxylic acids is 2. The Kier molecular flexibility index (Phi) is 6.33. The van der Waals surface area contributed by atoms with Crippen molar-refractivity contribution in [3.05, 3.63) is 94.9 Å². The van der Waals surface area contributed by atoms with Gasteiger partial charge in [0.05, 0.1) is 11.4 Å². The number of aryl methyl sites for hydroxylation is 1. The van der Waals surface area contributed by atoms with Crippen LogP contribution in [0.15, 0.2) is 78.9 Å². The van der Waals surface area contributed by atoms with Gasteiger partial charge in [-0.1, -0.05) is 60.7 Å². The standard InChI is InChI=1S/C28H25N3O3S/c1-18-27(21-13-14-24-23(15-21)31(2)26(33)17-34-24)30-28(35-18)29-25(32)16-22(19-9-5-3-6-10-19)20-11-7-4-8-12-20/h3-15,22H,16-17H2,1-2H3,(H,29,30,32). The maximum absolute atomic E-state index is 13.1. The highest BCUT2D eigenvalue weighted by molar-refractivity contribution is 7.16. The Bertz CT molecular complexity index is 1330. The second-order valence-corrected chi connectivity index (χ2v) is 9.68. The van der Waals surface area contributed by atoms with Gasteiger partial charge in [0.25, 0.3) is 5.91 Å². The maximum atomic E-state index is 13.1. The van der Waals surface area contributed by atoms with Crippen LogP contribution in [0.2, 0.25) is 0 Å². The number of anilines is 2. The van der Waals surface area contributed by atoms with Gasteiger partial charge >= 0.3 is 0 Å². The number of nitrogens with zero attached hydrogens (tertiary/aromatic N) is 2. The second kappa shape index (κ2) is 9.72. The minimum absolute atomic E-state index is 0.0434. The summed E-state index contributed by atoms with van der Waals surface area (Å²) in [5, 5.41) is 3.56. The quantitative estimate of drug-likeness (QED) is 0.386. The molecule has 4 aromatic rings. The molecule has 0 bridgehead atoms. The van der Waals surface area contributed by atoms with Crippen molar-refractivity contribution in [3.8, 4) is 17.0 Å². The van der Waals surface area contributed by atoms with Crippen LogP contribution in [0.5, 0.6) is 5.75 Å². The summed E-state index contributed by atoms with van der Waals surface area (Å²) < 4.78 is 5.53. The monoisotopic (exact) mass is 483 g/mol. The van der Waals surface area contributed by atoms with Crippen LogP contribution in [0.3, 0.4) is 0 Å². The topological polar surface area (TPSA) is 71.5 Å². The van der Waals surface area contributed by atoms with E-state index in [0.717, 1.165) is 27.3 Å². The average Bonchev–Trinajstić information content (AvgIpc) is 3.25. The van der Waals surface area contributed by atoms with Crippen molar-refractivity contribution >= 4 is 34.0 Å². The first-order chi connectivity index (χ1) is 17.0. The first-order valence-electron chi connectivity index (χ1n) is 11.4. The Balaban J connectivity index is 1.36. The van der Waals surface area contributed by atoms with Crippen molar-refractivity contribution in [2.24, 2.45) is 0 Å². The molecule has 0 saturated carbocycles. The lowest BCUT2D eigenvalue weighted by atomic mass is 9.88. The first-order valence-corrected chi connectivity index (χ1v) is 12.2. The van der Waals surface area contributed by atoms with Crippen LogP contribution in [0.4, 0.5) is 10.8 Å². The van der Waals surface area contributed by atoms with Gasteiger partial charge in [0.1, 0.15) is 5.75 Å². The molecule has 3 aromatic carbocycles. The number of carbonyl (C=O) groups is 2. The van der Waals surface area contributed by atoms with E-state index in [-0.39, 0.29) is 24.3 Å². The zero-order valence-electron chi connectivity index (χ0n) is 19.5. The number of thiazole rings is 1. The van der Waals surface area contributed by atoms with Crippen molar-refractivity contribution in [3.63, 3.8) is 0 Å². The third-order valence-corrected chi connectivity index (χ3v) is 7.04. The molecule has 0 unspecified atom stereocenters. The summed E-state index contributed by atoms with van der Waals surface area (Å²) in [5.41, 5.74) is 4.56.